The van der Waals surface area contributed by atoms with E-state index in [9.17, 15) is 0 Å². The molecule has 0 saturated carbocycles. The summed E-state index contributed by atoms with van der Waals surface area (Å²) in [4.78, 5) is 0. The molecule has 0 saturated heterocycles. The SMILES string of the molecule is CCC(C)(C)OC(C)CNCC(C)C. The van der Waals surface area contributed by atoms with E-state index in [1.807, 2.05) is 0 Å². The van der Waals surface area contributed by atoms with Crippen molar-refractivity contribution in [3.63, 3.8) is 0 Å². The standard InChI is InChI=1S/C12H27NO/c1-7-12(5,6)14-11(4)9-13-8-10(2)3/h10-11,13H,7-9H2,1-6H3. The van der Waals surface area contributed by atoms with Gasteiger partial charge in [0.1, 0.15) is 0 Å². The van der Waals surface area contributed by atoms with Gasteiger partial charge in [-0.3, -0.25) is 0 Å². The van der Waals surface area contributed by atoms with Crippen molar-refractivity contribution < 1.29 is 4.74 Å². The largest absolute Gasteiger partial charge is 0.371 e. The first kappa shape index (κ1) is 13.9. The maximum absolute atomic E-state index is 5.91. The van der Waals surface area contributed by atoms with E-state index in [2.05, 4.69) is 46.9 Å². The van der Waals surface area contributed by atoms with E-state index in [1.54, 1.807) is 0 Å². The smallest absolute Gasteiger partial charge is 0.0678 e. The van der Waals surface area contributed by atoms with Crippen molar-refractivity contribution in [1.29, 1.82) is 0 Å². The molecule has 0 aromatic heterocycles. The molecule has 1 N–H and O–H groups in total. The predicted octanol–water partition coefficient (Wildman–Crippen LogP) is 2.83. The third-order valence-electron chi connectivity index (χ3n) is 2.36. The van der Waals surface area contributed by atoms with Gasteiger partial charge >= 0.3 is 0 Å². The molecule has 2 nitrogen and oxygen atoms in total. The summed E-state index contributed by atoms with van der Waals surface area (Å²) >= 11 is 0. The summed E-state index contributed by atoms with van der Waals surface area (Å²) < 4.78 is 5.91. The van der Waals surface area contributed by atoms with Crippen molar-refractivity contribution in [2.75, 3.05) is 13.1 Å². The molecular formula is C12H27NO. The molecule has 0 aliphatic rings. The summed E-state index contributed by atoms with van der Waals surface area (Å²) in [6.45, 7) is 15.0. The second kappa shape index (κ2) is 6.41. The highest BCUT2D eigenvalue weighted by molar-refractivity contribution is 4.69. The maximum Gasteiger partial charge on any atom is 0.0678 e. The highest BCUT2D eigenvalue weighted by Gasteiger charge is 2.18. The van der Waals surface area contributed by atoms with Gasteiger partial charge in [0.15, 0.2) is 0 Å². The zero-order valence-corrected chi connectivity index (χ0v) is 10.7. The lowest BCUT2D eigenvalue weighted by molar-refractivity contribution is -0.0641. The molecule has 14 heavy (non-hydrogen) atoms. The molecule has 1 atom stereocenters. The first-order valence-electron chi connectivity index (χ1n) is 5.76. The second-order valence-electron chi connectivity index (χ2n) is 5.09. The van der Waals surface area contributed by atoms with E-state index in [4.69, 9.17) is 4.74 Å². The number of nitrogens with one attached hydrogen (secondary N) is 1. The molecule has 0 amide bonds. The zero-order valence-electron chi connectivity index (χ0n) is 10.7. The molecule has 0 aliphatic carbocycles. The van der Waals surface area contributed by atoms with Crippen molar-refractivity contribution in [3.05, 3.63) is 0 Å². The minimum Gasteiger partial charge on any atom is -0.371 e. The maximum atomic E-state index is 5.91. The van der Waals surface area contributed by atoms with Crippen LogP contribution in [0, 0.1) is 5.92 Å². The average Bonchev–Trinajstić information content (AvgIpc) is 2.02. The Balaban J connectivity index is 3.60. The van der Waals surface area contributed by atoms with Crippen LogP contribution in [0.1, 0.15) is 48.0 Å². The highest BCUT2D eigenvalue weighted by atomic mass is 16.5. The Morgan fingerprint density at radius 1 is 1.14 bits per heavy atom. The Kier molecular flexibility index (Phi) is 6.38. The van der Waals surface area contributed by atoms with Crippen LogP contribution in [0.15, 0.2) is 0 Å². The van der Waals surface area contributed by atoms with E-state index in [1.165, 1.54) is 0 Å². The Morgan fingerprint density at radius 2 is 1.71 bits per heavy atom. The Morgan fingerprint density at radius 3 is 2.14 bits per heavy atom. The fourth-order valence-electron chi connectivity index (χ4n) is 1.24. The summed E-state index contributed by atoms with van der Waals surface area (Å²) in [5.41, 5.74) is 0.0128. The van der Waals surface area contributed by atoms with Crippen molar-refractivity contribution in [2.24, 2.45) is 5.92 Å². The summed E-state index contributed by atoms with van der Waals surface area (Å²) in [7, 11) is 0. The van der Waals surface area contributed by atoms with E-state index in [0.29, 0.717) is 12.0 Å². The van der Waals surface area contributed by atoms with Crippen LogP contribution in [0.25, 0.3) is 0 Å². The van der Waals surface area contributed by atoms with Gasteiger partial charge in [0.2, 0.25) is 0 Å². The summed E-state index contributed by atoms with van der Waals surface area (Å²) in [6.07, 6.45) is 1.35. The first-order valence-corrected chi connectivity index (χ1v) is 5.76. The lowest BCUT2D eigenvalue weighted by Crippen LogP contribution is -2.36. The molecule has 0 rings (SSSR count). The third-order valence-corrected chi connectivity index (χ3v) is 2.36. The minimum absolute atomic E-state index is 0.0128. The van der Waals surface area contributed by atoms with Crippen LogP contribution in [-0.2, 0) is 4.74 Å². The molecule has 86 valence electrons. The first-order chi connectivity index (χ1) is 6.37. The van der Waals surface area contributed by atoms with Crippen molar-refractivity contribution in [3.8, 4) is 0 Å². The van der Waals surface area contributed by atoms with Crippen LogP contribution >= 0.6 is 0 Å². The third kappa shape index (κ3) is 7.34. The van der Waals surface area contributed by atoms with Gasteiger partial charge in [-0.25, -0.2) is 0 Å². The van der Waals surface area contributed by atoms with Crippen molar-refractivity contribution in [2.45, 2.75) is 59.7 Å². The van der Waals surface area contributed by atoms with Gasteiger partial charge in [-0.05, 0) is 39.7 Å². The Hall–Kier alpha value is -0.0800. The Bertz CT molecular complexity index is 143. The van der Waals surface area contributed by atoms with Gasteiger partial charge in [0.25, 0.3) is 0 Å². The van der Waals surface area contributed by atoms with Gasteiger partial charge in [-0.1, -0.05) is 20.8 Å². The number of ether oxygens (including phenoxy) is 1. The molecule has 1 unspecified atom stereocenters. The molecule has 0 aliphatic heterocycles. The molecule has 0 aromatic rings. The van der Waals surface area contributed by atoms with Gasteiger partial charge in [0, 0.05) is 6.54 Å². The van der Waals surface area contributed by atoms with Crippen LogP contribution in [0.3, 0.4) is 0 Å². The fraction of sp³-hybridized carbons (Fsp3) is 1.00. The van der Waals surface area contributed by atoms with E-state index < -0.39 is 0 Å². The lowest BCUT2D eigenvalue weighted by atomic mass is 10.1. The predicted molar refractivity (Wildman–Crippen MR) is 62.6 cm³/mol. The molecule has 0 heterocycles. The monoisotopic (exact) mass is 201 g/mol. The van der Waals surface area contributed by atoms with Gasteiger partial charge < -0.3 is 10.1 Å². The average molecular weight is 201 g/mol. The quantitative estimate of drug-likeness (QED) is 0.684. The van der Waals surface area contributed by atoms with Gasteiger partial charge in [-0.15, -0.1) is 0 Å². The topological polar surface area (TPSA) is 21.3 Å². The van der Waals surface area contributed by atoms with Crippen LogP contribution in [0.5, 0.6) is 0 Å². The summed E-state index contributed by atoms with van der Waals surface area (Å²) in [5, 5.41) is 3.41. The normalized spacial score (nSPS) is 14.8. The van der Waals surface area contributed by atoms with Crippen LogP contribution in [0.4, 0.5) is 0 Å². The van der Waals surface area contributed by atoms with Crippen LogP contribution in [0.2, 0.25) is 0 Å². The van der Waals surface area contributed by atoms with Crippen molar-refractivity contribution >= 4 is 0 Å². The fourth-order valence-corrected chi connectivity index (χ4v) is 1.24. The van der Waals surface area contributed by atoms with E-state index in [-0.39, 0.29) is 5.60 Å². The summed E-state index contributed by atoms with van der Waals surface area (Å²) in [5.74, 6) is 0.710. The molecule has 0 radical (unpaired) electrons. The summed E-state index contributed by atoms with van der Waals surface area (Å²) in [6, 6.07) is 0. The lowest BCUT2D eigenvalue weighted by Gasteiger charge is -2.28. The highest BCUT2D eigenvalue weighted by Crippen LogP contribution is 2.15. The second-order valence-corrected chi connectivity index (χ2v) is 5.09. The van der Waals surface area contributed by atoms with Gasteiger partial charge in [-0.2, -0.15) is 0 Å². The molecule has 0 fully saturated rings. The molecule has 0 spiro atoms. The number of hydrogen-bond donors (Lipinski definition) is 1. The van der Waals surface area contributed by atoms with E-state index in [0.717, 1.165) is 19.5 Å². The molecule has 0 aromatic carbocycles. The number of hydrogen-bond acceptors (Lipinski definition) is 2. The Labute approximate surface area is 89.4 Å². The number of rotatable bonds is 7. The van der Waals surface area contributed by atoms with Crippen molar-refractivity contribution in [1.82, 2.24) is 5.32 Å². The molecule has 0 bridgehead atoms. The van der Waals surface area contributed by atoms with E-state index >= 15 is 0 Å². The van der Waals surface area contributed by atoms with Crippen LogP contribution < -0.4 is 5.32 Å². The zero-order chi connectivity index (χ0) is 11.2. The molecular weight excluding hydrogens is 174 g/mol. The van der Waals surface area contributed by atoms with Crippen LogP contribution in [-0.4, -0.2) is 24.8 Å². The van der Waals surface area contributed by atoms with Gasteiger partial charge in [0.05, 0.1) is 11.7 Å². The minimum atomic E-state index is 0.0128. The molecule has 2 heteroatoms.